The van der Waals surface area contributed by atoms with Gasteiger partial charge >= 0.3 is 0 Å². The molecule has 7 heteroatoms. The highest BCUT2D eigenvalue weighted by molar-refractivity contribution is 5.92. The van der Waals surface area contributed by atoms with E-state index in [4.69, 9.17) is 0 Å². The van der Waals surface area contributed by atoms with E-state index in [1.54, 1.807) is 10.9 Å². The average molecular weight is 344 g/mol. The maximum absolute atomic E-state index is 12.9. The Labute approximate surface area is 149 Å². The van der Waals surface area contributed by atoms with Gasteiger partial charge < -0.3 is 14.4 Å². The summed E-state index contributed by atoms with van der Waals surface area (Å²) in [6, 6.07) is 1.81. The summed E-state index contributed by atoms with van der Waals surface area (Å²) in [4.78, 5) is 21.6. The lowest BCUT2D eigenvalue weighted by Gasteiger charge is -2.32. The number of aromatic nitrogens is 4. The molecule has 1 saturated heterocycles. The van der Waals surface area contributed by atoms with E-state index in [-0.39, 0.29) is 5.91 Å². The van der Waals surface area contributed by atoms with Crippen molar-refractivity contribution in [2.75, 3.05) is 33.7 Å². The van der Waals surface area contributed by atoms with E-state index in [2.05, 4.69) is 33.6 Å². The van der Waals surface area contributed by atoms with Crippen LogP contribution >= 0.6 is 0 Å². The Morgan fingerprint density at radius 1 is 1.36 bits per heavy atom. The zero-order valence-corrected chi connectivity index (χ0v) is 15.4. The largest absolute Gasteiger partial charge is 0.337 e. The zero-order valence-electron chi connectivity index (χ0n) is 15.4. The van der Waals surface area contributed by atoms with E-state index in [0.717, 1.165) is 44.8 Å². The molecule has 0 N–H and O–H groups in total. The van der Waals surface area contributed by atoms with Crippen LogP contribution in [-0.4, -0.2) is 68.8 Å². The Morgan fingerprint density at radius 2 is 2.20 bits per heavy atom. The van der Waals surface area contributed by atoms with Gasteiger partial charge in [-0.05, 0) is 39.9 Å². The van der Waals surface area contributed by atoms with Crippen LogP contribution in [0.15, 0.2) is 24.7 Å². The SMILES string of the molecule is CCn1nccc1C(=O)N1CCC[C@H](c2nccn2CCN(C)C)C1. The minimum absolute atomic E-state index is 0.0791. The monoisotopic (exact) mass is 344 g/mol. The van der Waals surface area contributed by atoms with Gasteiger partial charge in [0, 0.05) is 57.2 Å². The lowest BCUT2D eigenvalue weighted by Crippen LogP contribution is -2.40. The van der Waals surface area contributed by atoms with Crippen LogP contribution in [0.25, 0.3) is 0 Å². The van der Waals surface area contributed by atoms with Gasteiger partial charge in [-0.3, -0.25) is 9.48 Å². The van der Waals surface area contributed by atoms with Gasteiger partial charge in [0.25, 0.3) is 5.91 Å². The van der Waals surface area contributed by atoms with Crippen LogP contribution < -0.4 is 0 Å². The number of likely N-dealkylation sites (tertiary alicyclic amines) is 1. The van der Waals surface area contributed by atoms with Crippen LogP contribution in [-0.2, 0) is 13.1 Å². The van der Waals surface area contributed by atoms with Crippen molar-refractivity contribution in [1.82, 2.24) is 29.1 Å². The molecule has 0 radical (unpaired) electrons. The number of amides is 1. The second-order valence-corrected chi connectivity index (χ2v) is 6.90. The molecule has 0 aromatic carbocycles. The topological polar surface area (TPSA) is 59.2 Å². The first kappa shape index (κ1) is 17.7. The summed E-state index contributed by atoms with van der Waals surface area (Å²) in [7, 11) is 4.16. The molecule has 1 atom stereocenters. The molecule has 1 aliphatic rings. The van der Waals surface area contributed by atoms with Crippen molar-refractivity contribution in [3.05, 3.63) is 36.2 Å². The number of likely N-dealkylation sites (N-methyl/N-ethyl adjacent to an activating group) is 1. The summed E-state index contributed by atoms with van der Waals surface area (Å²) in [5.41, 5.74) is 0.680. The maximum atomic E-state index is 12.9. The van der Waals surface area contributed by atoms with Crippen molar-refractivity contribution in [1.29, 1.82) is 0 Å². The van der Waals surface area contributed by atoms with Crippen LogP contribution in [0.3, 0.4) is 0 Å². The number of nitrogens with zero attached hydrogens (tertiary/aromatic N) is 6. The number of imidazole rings is 1. The molecule has 7 nitrogen and oxygen atoms in total. The van der Waals surface area contributed by atoms with Gasteiger partial charge in [-0.15, -0.1) is 0 Å². The Hall–Kier alpha value is -2.15. The molecular formula is C18H28N6O. The molecule has 3 heterocycles. The van der Waals surface area contributed by atoms with E-state index in [0.29, 0.717) is 18.2 Å². The molecule has 0 bridgehead atoms. The Morgan fingerprint density at radius 3 is 2.96 bits per heavy atom. The van der Waals surface area contributed by atoms with Gasteiger partial charge in [-0.2, -0.15) is 5.10 Å². The predicted molar refractivity (Wildman–Crippen MR) is 96.6 cm³/mol. The Balaban J connectivity index is 1.71. The van der Waals surface area contributed by atoms with Gasteiger partial charge in [0.1, 0.15) is 11.5 Å². The number of hydrogen-bond acceptors (Lipinski definition) is 4. The number of rotatable bonds is 6. The van der Waals surface area contributed by atoms with Crippen LogP contribution in [0.2, 0.25) is 0 Å². The first-order chi connectivity index (χ1) is 12.1. The van der Waals surface area contributed by atoms with Gasteiger partial charge in [-0.25, -0.2) is 4.98 Å². The first-order valence-corrected chi connectivity index (χ1v) is 9.07. The maximum Gasteiger partial charge on any atom is 0.272 e. The van der Waals surface area contributed by atoms with Crippen molar-refractivity contribution in [3.63, 3.8) is 0 Å². The number of hydrogen-bond donors (Lipinski definition) is 0. The molecule has 0 aliphatic carbocycles. The van der Waals surface area contributed by atoms with E-state index < -0.39 is 0 Å². The third kappa shape index (κ3) is 3.92. The van der Waals surface area contributed by atoms with E-state index >= 15 is 0 Å². The first-order valence-electron chi connectivity index (χ1n) is 9.07. The second kappa shape index (κ2) is 7.82. The number of carbonyl (C=O) groups is 1. The predicted octanol–water partition coefficient (Wildman–Crippen LogP) is 1.68. The lowest BCUT2D eigenvalue weighted by atomic mass is 9.96. The summed E-state index contributed by atoms with van der Waals surface area (Å²) < 4.78 is 4.00. The van der Waals surface area contributed by atoms with Crippen molar-refractivity contribution >= 4 is 5.91 Å². The smallest absolute Gasteiger partial charge is 0.272 e. The fourth-order valence-corrected chi connectivity index (χ4v) is 3.48. The molecule has 0 saturated carbocycles. The van der Waals surface area contributed by atoms with Gasteiger partial charge in [0.05, 0.1) is 0 Å². The molecule has 0 spiro atoms. The summed E-state index contributed by atoms with van der Waals surface area (Å²) in [5.74, 6) is 1.48. The van der Waals surface area contributed by atoms with Gasteiger partial charge in [-0.1, -0.05) is 0 Å². The summed E-state index contributed by atoms with van der Waals surface area (Å²) in [5, 5.41) is 4.22. The third-order valence-corrected chi connectivity index (χ3v) is 4.84. The van der Waals surface area contributed by atoms with Gasteiger partial charge in [0.2, 0.25) is 0 Å². The van der Waals surface area contributed by atoms with Crippen LogP contribution in [0.4, 0.5) is 0 Å². The highest BCUT2D eigenvalue weighted by atomic mass is 16.2. The summed E-state index contributed by atoms with van der Waals surface area (Å²) in [6.07, 6.45) is 7.71. The molecule has 25 heavy (non-hydrogen) atoms. The standard InChI is InChI=1S/C18H28N6O/c1-4-24-16(7-8-20-24)18(25)23-10-5-6-15(14-23)17-19-9-11-22(17)13-12-21(2)3/h7-9,11,15H,4-6,10,12-14H2,1-3H3/t15-/m0/s1. The molecule has 2 aromatic rings. The van der Waals surface area contributed by atoms with Crippen molar-refractivity contribution in [2.45, 2.75) is 38.8 Å². The van der Waals surface area contributed by atoms with Crippen molar-refractivity contribution < 1.29 is 4.79 Å². The zero-order chi connectivity index (χ0) is 17.8. The third-order valence-electron chi connectivity index (χ3n) is 4.84. The average Bonchev–Trinajstić information content (AvgIpc) is 3.28. The minimum Gasteiger partial charge on any atom is -0.337 e. The van der Waals surface area contributed by atoms with Crippen molar-refractivity contribution in [3.8, 4) is 0 Å². The molecule has 1 amide bonds. The molecule has 3 rings (SSSR count). The summed E-state index contributed by atoms with van der Waals surface area (Å²) >= 11 is 0. The molecule has 0 unspecified atom stereocenters. The van der Waals surface area contributed by atoms with Gasteiger partial charge in [0.15, 0.2) is 0 Å². The van der Waals surface area contributed by atoms with Crippen LogP contribution in [0.1, 0.15) is 42.0 Å². The van der Waals surface area contributed by atoms with E-state index in [9.17, 15) is 4.79 Å². The van der Waals surface area contributed by atoms with E-state index in [1.165, 1.54) is 0 Å². The quantitative estimate of drug-likeness (QED) is 0.800. The normalized spacial score (nSPS) is 18.1. The summed E-state index contributed by atoms with van der Waals surface area (Å²) in [6.45, 7) is 6.16. The molecule has 2 aromatic heterocycles. The van der Waals surface area contributed by atoms with Crippen LogP contribution in [0, 0.1) is 0 Å². The lowest BCUT2D eigenvalue weighted by molar-refractivity contribution is 0.0690. The molecule has 1 fully saturated rings. The van der Waals surface area contributed by atoms with Crippen LogP contribution in [0.5, 0.6) is 0 Å². The number of piperidine rings is 1. The molecule has 1 aliphatic heterocycles. The Bertz CT molecular complexity index is 704. The Kier molecular flexibility index (Phi) is 5.53. The van der Waals surface area contributed by atoms with E-state index in [1.807, 2.05) is 30.3 Å². The minimum atomic E-state index is 0.0791. The second-order valence-electron chi connectivity index (χ2n) is 6.90. The highest BCUT2D eigenvalue weighted by Gasteiger charge is 2.29. The molecular weight excluding hydrogens is 316 g/mol. The molecule has 136 valence electrons. The highest BCUT2D eigenvalue weighted by Crippen LogP contribution is 2.26. The fourth-order valence-electron chi connectivity index (χ4n) is 3.48. The number of carbonyl (C=O) groups excluding carboxylic acids is 1. The van der Waals surface area contributed by atoms with Crippen molar-refractivity contribution in [2.24, 2.45) is 0 Å². The fraction of sp³-hybridized carbons (Fsp3) is 0.611. The number of aryl methyl sites for hydroxylation is 1.